The predicted octanol–water partition coefficient (Wildman–Crippen LogP) is 14.4. The third-order valence-electron chi connectivity index (χ3n) is 18.2. The van der Waals surface area contributed by atoms with Gasteiger partial charge in [-0.25, -0.2) is 52.7 Å². The van der Waals surface area contributed by atoms with Crippen molar-refractivity contribution in [3.8, 4) is 67.5 Å². The molecule has 3 aliphatic carbocycles. The highest BCUT2D eigenvalue weighted by molar-refractivity contribution is 7.99. The van der Waals surface area contributed by atoms with Crippen molar-refractivity contribution in [3.05, 3.63) is 218 Å². The average Bonchev–Trinajstić information content (AvgIpc) is 1.63. The summed E-state index contributed by atoms with van der Waals surface area (Å²) in [7, 11) is -5.52. The average molecular weight is 1640 g/mol. The summed E-state index contributed by atoms with van der Waals surface area (Å²) in [4.78, 5) is 101. The highest BCUT2D eigenvalue weighted by Gasteiger charge is 2.30. The van der Waals surface area contributed by atoms with E-state index in [-0.39, 0.29) is 59.0 Å². The molecule has 0 saturated heterocycles. The predicted molar refractivity (Wildman–Crippen MR) is 450 cm³/mol. The molecule has 0 radical (unpaired) electrons. The van der Waals surface area contributed by atoms with Gasteiger partial charge in [-0.3, -0.25) is 31.8 Å². The van der Waals surface area contributed by atoms with Crippen LogP contribution in [0.4, 0.5) is 14.4 Å². The minimum atomic E-state index is -3.97. The number of nitrogens with one attached hydrogen (secondary N) is 6. The summed E-state index contributed by atoms with van der Waals surface area (Å²) in [5.41, 5.74) is 10.7. The zero-order valence-corrected chi connectivity index (χ0v) is 68.9. The number of carbonyl (C=O) groups excluding carboxylic acids is 6. The molecular formula is C87H93N15O12S3. The van der Waals surface area contributed by atoms with E-state index in [0.717, 1.165) is 99.7 Å². The number of ether oxygens (including phenoxy) is 3. The van der Waals surface area contributed by atoms with E-state index in [1.165, 1.54) is 11.8 Å². The van der Waals surface area contributed by atoms with Gasteiger partial charge >= 0.3 is 18.3 Å². The molecular weight excluding hydrogens is 1540 g/mol. The van der Waals surface area contributed by atoms with E-state index in [4.69, 9.17) is 24.2 Å². The van der Waals surface area contributed by atoms with Crippen molar-refractivity contribution in [2.24, 2.45) is 0 Å². The smallest absolute Gasteiger partial charge is 0.407 e. The molecule has 0 aliphatic heterocycles. The van der Waals surface area contributed by atoms with Gasteiger partial charge in [-0.15, -0.1) is 11.8 Å². The van der Waals surface area contributed by atoms with Crippen LogP contribution >= 0.6 is 11.8 Å². The second kappa shape index (κ2) is 35.9. The van der Waals surface area contributed by atoms with E-state index in [9.17, 15) is 41.4 Å². The topological polar surface area (TPSA) is 344 Å². The van der Waals surface area contributed by atoms with Gasteiger partial charge in [0.1, 0.15) is 21.8 Å². The molecule has 6 heterocycles. The molecule has 3 fully saturated rings. The number of hydrogen-bond acceptors (Lipinski definition) is 19. The van der Waals surface area contributed by atoms with Gasteiger partial charge in [0.2, 0.25) is 9.84 Å². The van der Waals surface area contributed by atoms with Gasteiger partial charge in [-0.1, -0.05) is 127 Å². The monoisotopic (exact) mass is 1640 g/mol. The van der Waals surface area contributed by atoms with Crippen molar-refractivity contribution in [1.29, 1.82) is 0 Å². The Morgan fingerprint density at radius 1 is 0.427 bits per heavy atom. The Hall–Kier alpha value is -12.2. The second-order valence-electron chi connectivity index (χ2n) is 31.4. The van der Waals surface area contributed by atoms with Gasteiger partial charge < -0.3 is 46.1 Å². The Bertz CT molecular complexity index is 5740. The Balaban J connectivity index is 0.000000152. The van der Waals surface area contributed by atoms with Crippen molar-refractivity contribution >= 4 is 85.3 Å². The fourth-order valence-corrected chi connectivity index (χ4v) is 15.2. The fraction of sp³-hybridized carbons (Fsp3) is 0.310. The number of nitrogens with zero attached hydrogens (tertiary/aromatic N) is 9. The number of carbonyl (C=O) groups is 6. The third-order valence-corrected chi connectivity index (χ3v) is 22.0. The molecule has 117 heavy (non-hydrogen) atoms. The molecule has 0 spiro atoms. The first-order valence-corrected chi connectivity index (χ1v) is 42.6. The molecule has 27 nitrogen and oxygen atoms in total. The number of aromatic nitrogens is 9. The first-order chi connectivity index (χ1) is 55.9. The zero-order chi connectivity index (χ0) is 82.8. The maximum absolute atomic E-state index is 13.5. The molecule has 3 saturated carbocycles. The van der Waals surface area contributed by atoms with Crippen LogP contribution < -0.4 is 31.9 Å². The van der Waals surface area contributed by atoms with Gasteiger partial charge in [-0.05, 0) is 137 Å². The van der Waals surface area contributed by atoms with E-state index < -0.39 is 55.7 Å². The lowest BCUT2D eigenvalue weighted by Gasteiger charge is -2.19. The molecule has 6 aromatic heterocycles. The molecule has 6 aromatic carbocycles. The summed E-state index contributed by atoms with van der Waals surface area (Å²) in [5.74, 6) is 0.137. The van der Waals surface area contributed by atoms with E-state index in [1.54, 1.807) is 88.8 Å². The normalized spacial score (nSPS) is 13.7. The summed E-state index contributed by atoms with van der Waals surface area (Å²) >= 11 is 1.53. The molecule has 6 amide bonds. The highest BCUT2D eigenvalue weighted by Crippen LogP contribution is 2.34. The fourth-order valence-electron chi connectivity index (χ4n) is 12.1. The van der Waals surface area contributed by atoms with Crippen molar-refractivity contribution in [2.45, 2.75) is 151 Å². The number of fused-ring (bicyclic) bond motifs is 3. The van der Waals surface area contributed by atoms with E-state index in [0.29, 0.717) is 68.8 Å². The van der Waals surface area contributed by atoms with Crippen LogP contribution in [0.25, 0.3) is 84.5 Å². The quantitative estimate of drug-likeness (QED) is 0.0186. The molecule has 3 aliphatic rings. The number of sulfone groups is 1. The number of thioether (sulfide) groups is 1. The molecule has 30 heteroatoms. The SMILES string of the molecule is CC(C)(C)OC(=O)NCCS(=O)(=O)c1nc(-c2ccccc2)cn2c(-c3ccc(C(=O)NC4CC4)cc3)cnc12.CC(C)(C)OC(=O)NCCS(=O)c1nc(-c2ccccc2)cn2c(-c3ccc(C(=O)NC4CC4)cc3)cnc12.CC(C)(C)OC(=O)NCCSc1nc(-c2ccccc2)cn2c(-c3ccc(C(=O)NC4CC4)cc3)cnc12. The summed E-state index contributed by atoms with van der Waals surface area (Å²) in [6.07, 6.45) is 15.2. The number of amides is 6. The van der Waals surface area contributed by atoms with Gasteiger partial charge in [0.25, 0.3) is 17.7 Å². The summed E-state index contributed by atoms with van der Waals surface area (Å²) in [6.45, 7) is 16.5. The van der Waals surface area contributed by atoms with Crippen LogP contribution in [0, 0.1) is 0 Å². The highest BCUT2D eigenvalue weighted by atomic mass is 32.2. The summed E-state index contributed by atoms with van der Waals surface area (Å²) in [6, 6.07) is 51.8. The van der Waals surface area contributed by atoms with Gasteiger partial charge in [-0.2, -0.15) is 0 Å². The number of alkyl carbamates (subject to hydrolysis) is 3. The van der Waals surface area contributed by atoms with Crippen LogP contribution in [0.15, 0.2) is 216 Å². The Morgan fingerprint density at radius 2 is 0.769 bits per heavy atom. The van der Waals surface area contributed by atoms with Gasteiger partial charge in [0, 0.05) is 118 Å². The summed E-state index contributed by atoms with van der Waals surface area (Å²) < 4.78 is 61.8. The van der Waals surface area contributed by atoms with Crippen molar-refractivity contribution < 1.29 is 55.6 Å². The maximum Gasteiger partial charge on any atom is 0.407 e. The van der Waals surface area contributed by atoms with Crippen LogP contribution in [0.3, 0.4) is 0 Å². The van der Waals surface area contributed by atoms with Crippen molar-refractivity contribution in [3.63, 3.8) is 0 Å². The zero-order valence-electron chi connectivity index (χ0n) is 66.4. The number of imidazole rings is 3. The molecule has 1 atom stereocenters. The maximum atomic E-state index is 13.5. The van der Waals surface area contributed by atoms with E-state index in [1.807, 2.05) is 188 Å². The second-order valence-corrected chi connectivity index (χ2v) is 36.0. The van der Waals surface area contributed by atoms with E-state index >= 15 is 0 Å². The third kappa shape index (κ3) is 22.5. The van der Waals surface area contributed by atoms with E-state index in [2.05, 4.69) is 51.8 Å². The molecule has 15 rings (SSSR count). The standard InChI is InChI=1S/C29H31N5O5S.C29H31N5O4S.C29H31N5O3S/c1-29(2,3)39-28(36)30-15-16-40(37,38)27-25-31-17-24(34(25)18-23(33-27)19-7-5-4-6-8-19)20-9-11-21(12-10-20)26(35)32-22-13-14-22;1-29(2,3)38-28(36)30-15-16-39(37)27-25-31-17-24(34(25)18-23(33-27)19-7-5-4-6-8-19)20-9-11-21(12-10-20)26(35)32-22-13-14-22;1-29(2,3)37-28(36)30-15-16-38-27-25-31-17-24(34(25)18-23(33-27)19-7-5-4-6-8-19)20-9-11-21(12-10-20)26(35)32-22-13-14-22/h4-12,17-18,22H,13-16H2,1-3H3,(H,30,36)(H,32,35);4-12,17-18,22H,13-16H2,1-3H3,(H,30,36)(H,32,35);4-12,17-18,22H,13-16H2,1-3H3,(H,30,36)(H,32,35). The van der Waals surface area contributed by atoms with Gasteiger partial charge in [0.15, 0.2) is 27.0 Å². The molecule has 1 unspecified atom stereocenters. The van der Waals surface area contributed by atoms with Crippen molar-refractivity contribution in [2.75, 3.05) is 36.9 Å². The Morgan fingerprint density at radius 3 is 1.16 bits per heavy atom. The van der Waals surface area contributed by atoms with Crippen LogP contribution in [0.5, 0.6) is 0 Å². The molecule has 12 aromatic rings. The lowest BCUT2D eigenvalue weighted by molar-refractivity contribution is 0.0519. The largest absolute Gasteiger partial charge is 0.444 e. The molecule has 6 N–H and O–H groups in total. The lowest BCUT2D eigenvalue weighted by atomic mass is 10.1. The van der Waals surface area contributed by atoms with Crippen LogP contribution in [0.1, 0.15) is 132 Å². The molecule has 0 bridgehead atoms. The number of rotatable bonds is 24. The summed E-state index contributed by atoms with van der Waals surface area (Å²) in [5, 5.41) is 17.9. The minimum absolute atomic E-state index is 0.0357. The Kier molecular flexibility index (Phi) is 25.4. The first kappa shape index (κ1) is 82.8. The van der Waals surface area contributed by atoms with Crippen molar-refractivity contribution in [1.82, 2.24) is 75.0 Å². The number of hydrogen-bond donors (Lipinski definition) is 6. The first-order valence-electron chi connectivity index (χ1n) is 38.6. The van der Waals surface area contributed by atoms with Gasteiger partial charge in [0.05, 0.1) is 69.3 Å². The van der Waals surface area contributed by atoms with Crippen LogP contribution in [0.2, 0.25) is 0 Å². The van der Waals surface area contributed by atoms with Crippen LogP contribution in [-0.4, -0.2) is 164 Å². The van der Waals surface area contributed by atoms with Crippen LogP contribution in [-0.2, 0) is 34.8 Å². The lowest BCUT2D eigenvalue weighted by Crippen LogP contribution is -2.35. The minimum Gasteiger partial charge on any atom is -0.444 e. The number of benzene rings is 6. The molecule has 606 valence electrons. The Labute approximate surface area is 684 Å².